The molecule has 1 aromatic rings. The fraction of sp³-hybridized carbons (Fsp3) is 0.364. The van der Waals surface area contributed by atoms with Crippen molar-refractivity contribution >= 4 is 29.2 Å². The van der Waals surface area contributed by atoms with E-state index >= 15 is 0 Å². The van der Waals surface area contributed by atoms with Gasteiger partial charge in [-0.2, -0.15) is 0 Å². The third kappa shape index (κ3) is 2.60. The summed E-state index contributed by atoms with van der Waals surface area (Å²) in [5.41, 5.74) is 1.33. The minimum absolute atomic E-state index is 0.503. The van der Waals surface area contributed by atoms with E-state index < -0.39 is 11.3 Å². The Morgan fingerprint density at radius 3 is 2.50 bits per heavy atom. The van der Waals surface area contributed by atoms with Crippen LogP contribution in [0.3, 0.4) is 0 Å². The van der Waals surface area contributed by atoms with Crippen molar-refractivity contribution in [3.05, 3.63) is 28.3 Å². The number of halogens is 2. The van der Waals surface area contributed by atoms with Crippen molar-refractivity contribution in [3.63, 3.8) is 0 Å². The molecule has 88 valence electrons. The topological polar surface area (TPSA) is 35.5 Å². The highest BCUT2D eigenvalue weighted by atomic mass is 35.5. The first-order valence-electron chi connectivity index (χ1n) is 4.57. The number of hydrogen-bond donors (Lipinski definition) is 0. The zero-order valence-corrected chi connectivity index (χ0v) is 10.7. The second kappa shape index (κ2) is 5.41. The van der Waals surface area contributed by atoms with Gasteiger partial charge in [-0.15, -0.1) is 11.6 Å². The predicted octanol–water partition coefficient (Wildman–Crippen LogP) is 3.11. The highest BCUT2D eigenvalue weighted by Crippen LogP contribution is 2.35. The van der Waals surface area contributed by atoms with Gasteiger partial charge in [0.2, 0.25) is 0 Å². The van der Waals surface area contributed by atoms with E-state index in [0.29, 0.717) is 16.3 Å². The van der Waals surface area contributed by atoms with E-state index in [4.69, 9.17) is 27.9 Å². The second-order valence-electron chi connectivity index (χ2n) is 3.23. The Labute approximate surface area is 104 Å². The monoisotopic (exact) mass is 262 g/mol. The molecule has 0 aromatic heterocycles. The van der Waals surface area contributed by atoms with Crippen LogP contribution in [0, 0.1) is 6.92 Å². The maximum Gasteiger partial charge on any atom is 0.328 e. The summed E-state index contributed by atoms with van der Waals surface area (Å²) in [6.07, 6.45) is 0. The molecule has 1 aromatic carbocycles. The maximum atomic E-state index is 11.4. The molecule has 1 unspecified atom stereocenters. The Morgan fingerprint density at radius 1 is 1.38 bits per heavy atom. The van der Waals surface area contributed by atoms with Crippen LogP contribution in [0.4, 0.5) is 0 Å². The van der Waals surface area contributed by atoms with Crippen molar-refractivity contribution in [2.24, 2.45) is 0 Å². The van der Waals surface area contributed by atoms with Crippen LogP contribution in [0.25, 0.3) is 0 Å². The molecule has 16 heavy (non-hydrogen) atoms. The quantitative estimate of drug-likeness (QED) is 0.621. The number of carbonyl (C=O) groups is 1. The summed E-state index contributed by atoms with van der Waals surface area (Å²) in [5.74, 6) is 0.0106. The Kier molecular flexibility index (Phi) is 4.44. The smallest absolute Gasteiger partial charge is 0.328 e. The van der Waals surface area contributed by atoms with Crippen LogP contribution >= 0.6 is 23.2 Å². The van der Waals surface area contributed by atoms with Gasteiger partial charge in [0.1, 0.15) is 5.75 Å². The molecule has 0 aliphatic rings. The van der Waals surface area contributed by atoms with Gasteiger partial charge in [-0.3, -0.25) is 4.79 Å². The lowest BCUT2D eigenvalue weighted by Crippen LogP contribution is -2.10. The molecule has 0 radical (unpaired) electrons. The van der Waals surface area contributed by atoms with Gasteiger partial charge in [0.15, 0.2) is 5.38 Å². The van der Waals surface area contributed by atoms with Gasteiger partial charge in [0.05, 0.1) is 14.2 Å². The fourth-order valence-corrected chi connectivity index (χ4v) is 1.99. The Balaban J connectivity index is 3.25. The number of aryl methyl sites for hydroxylation is 1. The van der Waals surface area contributed by atoms with Crippen molar-refractivity contribution < 1.29 is 14.3 Å². The molecular formula is C11H12Cl2O3. The van der Waals surface area contributed by atoms with Crippen LogP contribution < -0.4 is 4.74 Å². The molecule has 0 amide bonds. The molecule has 0 saturated heterocycles. The molecule has 0 saturated carbocycles. The third-order valence-corrected chi connectivity index (χ3v) is 2.78. The molecule has 1 rings (SSSR count). The van der Waals surface area contributed by atoms with Crippen molar-refractivity contribution in [1.29, 1.82) is 0 Å². The molecule has 3 nitrogen and oxygen atoms in total. The van der Waals surface area contributed by atoms with E-state index in [1.165, 1.54) is 14.2 Å². The van der Waals surface area contributed by atoms with E-state index in [0.717, 1.165) is 5.56 Å². The van der Waals surface area contributed by atoms with Gasteiger partial charge in [0, 0.05) is 10.6 Å². The van der Waals surface area contributed by atoms with Gasteiger partial charge in [-0.25, -0.2) is 0 Å². The van der Waals surface area contributed by atoms with Crippen LogP contribution in [-0.4, -0.2) is 20.2 Å². The van der Waals surface area contributed by atoms with E-state index in [2.05, 4.69) is 4.74 Å². The van der Waals surface area contributed by atoms with Gasteiger partial charge in [-0.05, 0) is 24.6 Å². The standard InChI is InChI=1S/C11H12Cl2O3/c1-6-4-7(12)5-8(10(6)15-2)9(13)11(14)16-3/h4-5,9H,1-3H3. The number of esters is 1. The van der Waals surface area contributed by atoms with E-state index in [1.807, 2.05) is 6.92 Å². The number of carbonyl (C=O) groups excluding carboxylic acids is 1. The zero-order valence-electron chi connectivity index (χ0n) is 9.21. The predicted molar refractivity (Wildman–Crippen MR) is 63.4 cm³/mol. The minimum Gasteiger partial charge on any atom is -0.496 e. The summed E-state index contributed by atoms with van der Waals surface area (Å²) >= 11 is 11.9. The number of alkyl halides is 1. The first kappa shape index (κ1) is 13.1. The molecule has 5 heteroatoms. The largest absolute Gasteiger partial charge is 0.496 e. The molecular weight excluding hydrogens is 251 g/mol. The van der Waals surface area contributed by atoms with Crippen LogP contribution in [0.1, 0.15) is 16.5 Å². The van der Waals surface area contributed by atoms with E-state index in [-0.39, 0.29) is 0 Å². The SMILES string of the molecule is COC(=O)C(Cl)c1cc(Cl)cc(C)c1OC. The molecule has 0 aliphatic carbocycles. The fourth-order valence-electron chi connectivity index (χ4n) is 1.45. The average molecular weight is 263 g/mol. The maximum absolute atomic E-state index is 11.4. The Bertz CT molecular complexity index is 404. The first-order valence-corrected chi connectivity index (χ1v) is 5.38. The number of benzene rings is 1. The van der Waals surface area contributed by atoms with Crippen LogP contribution in [-0.2, 0) is 9.53 Å². The first-order chi connectivity index (χ1) is 7.51. The second-order valence-corrected chi connectivity index (χ2v) is 4.10. The van der Waals surface area contributed by atoms with Gasteiger partial charge < -0.3 is 9.47 Å². The molecule has 0 N–H and O–H groups in total. The summed E-state index contributed by atoms with van der Waals surface area (Å²) in [6.45, 7) is 1.83. The average Bonchev–Trinajstić information content (AvgIpc) is 2.26. The molecule has 0 bridgehead atoms. The van der Waals surface area contributed by atoms with Gasteiger partial charge in [0.25, 0.3) is 0 Å². The summed E-state index contributed by atoms with van der Waals surface area (Å²) in [7, 11) is 2.79. The summed E-state index contributed by atoms with van der Waals surface area (Å²) in [6, 6.07) is 3.34. The summed E-state index contributed by atoms with van der Waals surface area (Å²) in [5, 5.41) is -0.416. The van der Waals surface area contributed by atoms with Crippen LogP contribution in [0.15, 0.2) is 12.1 Å². The number of rotatable bonds is 3. The summed E-state index contributed by atoms with van der Waals surface area (Å²) < 4.78 is 9.77. The van der Waals surface area contributed by atoms with Crippen LogP contribution in [0.2, 0.25) is 5.02 Å². The van der Waals surface area contributed by atoms with E-state index in [9.17, 15) is 4.79 Å². The third-order valence-electron chi connectivity index (χ3n) is 2.15. The van der Waals surface area contributed by atoms with Crippen molar-refractivity contribution in [1.82, 2.24) is 0 Å². The number of ether oxygens (including phenoxy) is 2. The number of methoxy groups -OCH3 is 2. The lowest BCUT2D eigenvalue weighted by molar-refractivity contribution is -0.140. The van der Waals surface area contributed by atoms with E-state index in [1.54, 1.807) is 12.1 Å². The van der Waals surface area contributed by atoms with Crippen LogP contribution in [0.5, 0.6) is 5.75 Å². The summed E-state index contributed by atoms with van der Waals surface area (Å²) in [4.78, 5) is 11.4. The molecule has 0 spiro atoms. The highest BCUT2D eigenvalue weighted by molar-refractivity contribution is 6.32. The van der Waals surface area contributed by atoms with Gasteiger partial charge >= 0.3 is 5.97 Å². The van der Waals surface area contributed by atoms with Crippen molar-refractivity contribution in [3.8, 4) is 5.75 Å². The lowest BCUT2D eigenvalue weighted by Gasteiger charge is -2.14. The normalized spacial score (nSPS) is 12.1. The lowest BCUT2D eigenvalue weighted by atomic mass is 10.1. The van der Waals surface area contributed by atoms with Gasteiger partial charge in [-0.1, -0.05) is 11.6 Å². The van der Waals surface area contributed by atoms with Crippen molar-refractivity contribution in [2.75, 3.05) is 14.2 Å². The Hall–Kier alpha value is -0.930. The molecule has 0 aliphatic heterocycles. The van der Waals surface area contributed by atoms with Crippen molar-refractivity contribution in [2.45, 2.75) is 12.3 Å². The minimum atomic E-state index is -0.919. The molecule has 0 fully saturated rings. The molecule has 1 atom stereocenters. The number of hydrogen-bond acceptors (Lipinski definition) is 3. The molecule has 0 heterocycles. The highest BCUT2D eigenvalue weighted by Gasteiger charge is 2.23. The Morgan fingerprint density at radius 2 is 2.00 bits per heavy atom. The zero-order chi connectivity index (χ0) is 12.3.